The molecule has 0 saturated heterocycles. The van der Waals surface area contributed by atoms with Crippen molar-refractivity contribution in [2.45, 2.75) is 53.8 Å². The summed E-state index contributed by atoms with van der Waals surface area (Å²) in [4.78, 5) is 0. The Labute approximate surface area is 238 Å². The fraction of sp³-hybridized carbons (Fsp3) is 0.281. The fourth-order valence-corrected chi connectivity index (χ4v) is 16.7. The van der Waals surface area contributed by atoms with Gasteiger partial charge in [-0.2, -0.15) is 0 Å². The third kappa shape index (κ3) is 5.17. The molecule has 0 aromatic heterocycles. The molecule has 186 valence electrons. The first-order valence-corrected chi connectivity index (χ1v) is 19.8. The van der Waals surface area contributed by atoms with Crippen LogP contribution >= 0.6 is 0 Å². The largest absolute Gasteiger partial charge is 1.00 e. The van der Waals surface area contributed by atoms with Gasteiger partial charge in [0.25, 0.3) is 0 Å². The first kappa shape index (κ1) is 29.2. The van der Waals surface area contributed by atoms with E-state index >= 15 is 0 Å². The zero-order chi connectivity index (χ0) is 24.2. The van der Waals surface area contributed by atoms with Crippen LogP contribution in [0.1, 0.15) is 43.0 Å². The van der Waals surface area contributed by atoms with Gasteiger partial charge in [0.05, 0.1) is 0 Å². The normalized spacial score (nSPS) is 16.5. The van der Waals surface area contributed by atoms with Crippen molar-refractivity contribution >= 4 is 14.6 Å². The Bertz CT molecular complexity index is 1390. The van der Waals surface area contributed by atoms with Crippen molar-refractivity contribution in [3.8, 4) is 11.1 Å². The van der Waals surface area contributed by atoms with Crippen molar-refractivity contribution in [2.75, 3.05) is 0 Å². The third-order valence-electron chi connectivity index (χ3n) is 7.74. The molecule has 3 aromatic carbocycles. The van der Waals surface area contributed by atoms with E-state index in [4.69, 9.17) is 0 Å². The summed E-state index contributed by atoms with van der Waals surface area (Å²) in [6, 6.07) is 25.5. The number of allylic oxidation sites excluding steroid dienone is 4. The molecule has 5 rings (SSSR count). The number of hydrogen-bond acceptors (Lipinski definition) is 0. The quantitative estimate of drug-likeness (QED) is 0.310. The second-order valence-electron chi connectivity index (χ2n) is 11.2. The van der Waals surface area contributed by atoms with Crippen LogP contribution in [0.4, 0.5) is 0 Å². The maximum atomic E-state index is 2.64. The summed E-state index contributed by atoms with van der Waals surface area (Å²) in [5, 5.41) is 1.70. The molecule has 0 amide bonds. The Morgan fingerprint density at radius 1 is 0.833 bits per heavy atom. The summed E-state index contributed by atoms with van der Waals surface area (Å²) in [5.74, 6) is 0.552. The van der Waals surface area contributed by atoms with Crippen LogP contribution < -0.4 is 28.1 Å². The van der Waals surface area contributed by atoms with E-state index in [1.165, 1.54) is 27.8 Å². The van der Waals surface area contributed by atoms with Crippen LogP contribution in [0.3, 0.4) is 0 Å². The Morgan fingerprint density at radius 3 is 2.11 bits per heavy atom. The number of benzene rings is 3. The Kier molecular flexibility index (Phi) is 9.10. The SMILES string of the molecule is CC1=[C](/[Zr+2](=[C](\C)c2ccc(C)cc2)[c]2cccc3c2Cc2ccccc2-3)C(C)C=C1[Si](C)(C)C.[Cl-].[Cl-]. The van der Waals surface area contributed by atoms with Gasteiger partial charge in [-0.25, -0.2) is 0 Å². The zero-order valence-corrected chi connectivity index (χ0v) is 27.4. The van der Waals surface area contributed by atoms with Gasteiger partial charge in [-0.3, -0.25) is 0 Å². The van der Waals surface area contributed by atoms with Crippen molar-refractivity contribution in [3.63, 3.8) is 0 Å². The van der Waals surface area contributed by atoms with Gasteiger partial charge in [0.1, 0.15) is 0 Å². The van der Waals surface area contributed by atoms with Gasteiger partial charge in [-0.05, 0) is 0 Å². The van der Waals surface area contributed by atoms with E-state index < -0.39 is 29.3 Å². The van der Waals surface area contributed by atoms with Gasteiger partial charge >= 0.3 is 216 Å². The van der Waals surface area contributed by atoms with Crippen molar-refractivity contribution in [1.82, 2.24) is 0 Å². The molecule has 4 heteroatoms. The first-order valence-electron chi connectivity index (χ1n) is 12.6. The summed E-state index contributed by atoms with van der Waals surface area (Å²) < 4.78 is 5.17. The van der Waals surface area contributed by atoms with Crippen molar-refractivity contribution in [1.29, 1.82) is 0 Å². The van der Waals surface area contributed by atoms with Crippen LogP contribution in [0.15, 0.2) is 86.9 Å². The van der Waals surface area contributed by atoms with Gasteiger partial charge in [0.2, 0.25) is 0 Å². The van der Waals surface area contributed by atoms with Crippen molar-refractivity contribution in [3.05, 3.63) is 109 Å². The molecule has 0 radical (unpaired) electrons. The van der Waals surface area contributed by atoms with Crippen molar-refractivity contribution in [2.24, 2.45) is 5.92 Å². The van der Waals surface area contributed by atoms with Crippen LogP contribution in [-0.2, 0) is 27.7 Å². The van der Waals surface area contributed by atoms with Gasteiger partial charge < -0.3 is 24.8 Å². The molecule has 0 N–H and O–H groups in total. The molecule has 0 saturated carbocycles. The van der Waals surface area contributed by atoms with Crippen molar-refractivity contribution < 1.29 is 46.1 Å². The summed E-state index contributed by atoms with van der Waals surface area (Å²) in [6.07, 6.45) is 3.72. The molecule has 3 aromatic rings. The first-order chi connectivity index (χ1) is 16.2. The molecule has 1 unspecified atom stereocenters. The van der Waals surface area contributed by atoms with E-state index in [2.05, 4.69) is 120 Å². The maximum Gasteiger partial charge on any atom is -1.00 e. The average molecular weight is 611 g/mol. The molecule has 1 atom stereocenters. The third-order valence-corrected chi connectivity index (χ3v) is 18.3. The van der Waals surface area contributed by atoms with Crippen LogP contribution in [0.5, 0.6) is 0 Å². The van der Waals surface area contributed by atoms with Gasteiger partial charge in [0, 0.05) is 0 Å². The monoisotopic (exact) mass is 608 g/mol. The molecule has 36 heavy (non-hydrogen) atoms. The molecule has 2 aliphatic carbocycles. The zero-order valence-electron chi connectivity index (χ0n) is 22.5. The van der Waals surface area contributed by atoms with E-state index in [1.54, 1.807) is 22.8 Å². The molecular weight excluding hydrogens is 575 g/mol. The van der Waals surface area contributed by atoms with Crippen LogP contribution in [0.25, 0.3) is 11.1 Å². The average Bonchev–Trinajstić information content (AvgIpc) is 3.33. The molecule has 0 aliphatic heterocycles. The second kappa shape index (κ2) is 11.2. The standard InChI is InChI=1S/C13H9.C10H17Si.C9H10.2ClH.Zr/c1-3-7-12-10(5-1)9-11-6-2-4-8-13(11)12;1-8-6-9(2)10(7-8)11(3,4)5;1-3-9-6-4-8(2)5-7-9;;;/h1-5,7-8H,9H2;7-8H,1-5H3;4-7H,1-2H3;2*1H;/q;;;;;+2/p-2. The van der Waals surface area contributed by atoms with Gasteiger partial charge in [-0.1, -0.05) is 0 Å². The smallest absolute Gasteiger partial charge is 1.00 e. The number of fused-ring (bicyclic) bond motifs is 3. The van der Waals surface area contributed by atoms with Gasteiger partial charge in [-0.15, -0.1) is 0 Å². The predicted molar refractivity (Wildman–Crippen MR) is 149 cm³/mol. The summed E-state index contributed by atoms with van der Waals surface area (Å²) >= 11 is -2.41. The van der Waals surface area contributed by atoms with Crippen LogP contribution in [0, 0.1) is 12.8 Å². The Balaban J connectivity index is 0.00000180. The fourth-order valence-electron chi connectivity index (χ4n) is 6.06. The number of hydrogen-bond donors (Lipinski definition) is 0. The van der Waals surface area contributed by atoms with E-state index in [9.17, 15) is 0 Å². The molecule has 0 nitrogen and oxygen atoms in total. The maximum absolute atomic E-state index is 2.64. The molecule has 0 fully saturated rings. The summed E-state index contributed by atoms with van der Waals surface area (Å²) in [7, 11) is -1.39. The minimum Gasteiger partial charge on any atom is -1.00 e. The molecular formula is C32H36Cl2SiZr. The van der Waals surface area contributed by atoms with Crippen LogP contribution in [-0.4, -0.2) is 11.3 Å². The van der Waals surface area contributed by atoms with Gasteiger partial charge in [0.15, 0.2) is 0 Å². The second-order valence-corrected chi connectivity index (χ2v) is 22.6. The topological polar surface area (TPSA) is 0 Å². The molecule has 0 spiro atoms. The van der Waals surface area contributed by atoms with E-state index in [1.807, 2.05) is 3.28 Å². The Morgan fingerprint density at radius 2 is 1.47 bits per heavy atom. The van der Waals surface area contributed by atoms with E-state index in [-0.39, 0.29) is 24.8 Å². The Hall–Kier alpha value is -1.31. The minimum absolute atomic E-state index is 0. The van der Waals surface area contributed by atoms with E-state index in [0.717, 1.165) is 6.42 Å². The predicted octanol–water partition coefficient (Wildman–Crippen LogP) is 1.79. The summed E-state index contributed by atoms with van der Waals surface area (Å²) in [6.45, 7) is 17.1. The minimum atomic E-state index is -2.41. The number of halogens is 2. The summed E-state index contributed by atoms with van der Waals surface area (Å²) in [5.41, 5.74) is 10.4. The van der Waals surface area contributed by atoms with Crippen LogP contribution in [0.2, 0.25) is 19.6 Å². The van der Waals surface area contributed by atoms with E-state index in [0.29, 0.717) is 5.92 Å². The molecule has 0 bridgehead atoms. The number of aryl methyl sites for hydroxylation is 1. The number of rotatable bonds is 4. The molecule has 0 heterocycles. The molecule has 2 aliphatic rings.